The molecule has 0 bridgehead atoms. The Kier molecular flexibility index (Phi) is 16.8. The molecule has 3 amide bonds. The molecule has 318 valence electrons. The highest BCUT2D eigenvalue weighted by molar-refractivity contribution is 6.27. The van der Waals surface area contributed by atoms with Gasteiger partial charge in [-0.05, 0) is 53.7 Å². The average Bonchev–Trinajstić information content (AvgIpc) is 3.77. The molecular weight excluding hydrogens is 768 g/mol. The zero-order valence-electron chi connectivity index (χ0n) is 35.6. The van der Waals surface area contributed by atoms with Crippen LogP contribution in [0.15, 0.2) is 97.6 Å². The van der Waals surface area contributed by atoms with Crippen molar-refractivity contribution in [1.29, 1.82) is 0 Å². The Labute approximate surface area is 360 Å². The standard InChI is InChI=1S/C25H29N5O4.C17H16ClN3O.3CH4.2H2/c1-28(18-31)25(24(33)34-2)10-15-29(17-25)16-22(32)30-13-8-20(9-14-30)19-4-6-21(7-5-19)23-26-11-3-12-27-23;18-12-16(22)21-10-6-14(7-11-21)13-2-4-15(5-3-13)17-19-8-1-9-20-17;;;;;/h3-8,11-12,18H,9-10,13-17H2,1-2H3;1-6,8-9H,7,10-12H2;3*1H4;2*1H/i;;;;;2*1+2T. The second-order valence-electron chi connectivity index (χ2n) is 13.8. The zero-order valence-corrected chi connectivity index (χ0v) is 32.3. The number of hydrogen-bond acceptors (Lipinski definition) is 10. The molecule has 3 aliphatic heterocycles. The van der Waals surface area contributed by atoms with Crippen molar-refractivity contribution in [3.05, 3.63) is 109 Å². The van der Waals surface area contributed by atoms with Crippen molar-refractivity contribution in [2.45, 2.75) is 47.1 Å². The predicted octanol–water partition coefficient (Wildman–Crippen LogP) is 6.86. The monoisotopic (exact) mass is 836 g/mol. The number of ether oxygens (including phenoxy) is 1. The molecule has 0 saturated carbocycles. The minimum Gasteiger partial charge on any atom is -0.467 e. The number of likely N-dealkylation sites (tertiary alicyclic amines) is 1. The van der Waals surface area contributed by atoms with Gasteiger partial charge in [-0.1, -0.05) is 83.0 Å². The normalized spacial score (nSPS) is 17.5. The Morgan fingerprint density at radius 1 is 0.763 bits per heavy atom. The summed E-state index contributed by atoms with van der Waals surface area (Å²) in [7, 11) is 2.89. The number of aromatic nitrogens is 4. The highest BCUT2D eigenvalue weighted by Gasteiger charge is 2.49. The van der Waals surface area contributed by atoms with Crippen molar-refractivity contribution in [3.8, 4) is 22.8 Å². The highest BCUT2D eigenvalue weighted by atomic mass is 35.5. The molecular formula is C45H61ClN8O5. The van der Waals surface area contributed by atoms with Crippen LogP contribution in [0.3, 0.4) is 0 Å². The Hall–Kier alpha value is -5.79. The quantitative estimate of drug-likeness (QED) is 0.0945. The van der Waals surface area contributed by atoms with E-state index in [4.69, 9.17) is 22.3 Å². The summed E-state index contributed by atoms with van der Waals surface area (Å²) in [5.41, 5.74) is 5.71. The van der Waals surface area contributed by atoms with Gasteiger partial charge in [0.1, 0.15) is 5.88 Å². The van der Waals surface area contributed by atoms with Crippen molar-refractivity contribution in [2.75, 3.05) is 65.9 Å². The van der Waals surface area contributed by atoms with Gasteiger partial charge in [-0.25, -0.2) is 24.7 Å². The molecule has 1 atom stereocenters. The number of methoxy groups -OCH3 is 1. The molecule has 0 spiro atoms. The van der Waals surface area contributed by atoms with Gasteiger partial charge in [-0.15, -0.1) is 11.6 Å². The first kappa shape index (κ1) is 44.3. The number of likely N-dealkylation sites (N-methyl/N-ethyl adjacent to an activating group) is 1. The van der Waals surface area contributed by atoms with E-state index in [1.165, 1.54) is 28.7 Å². The summed E-state index contributed by atoms with van der Waals surface area (Å²) in [4.78, 5) is 72.2. The number of amides is 3. The number of carbonyl (C=O) groups is 4. The number of hydrogen-bond donors (Lipinski definition) is 0. The van der Waals surface area contributed by atoms with Crippen LogP contribution in [0.1, 0.15) is 58.6 Å². The first-order chi connectivity index (χ1) is 29.2. The summed E-state index contributed by atoms with van der Waals surface area (Å²) >= 11 is 5.59. The highest BCUT2D eigenvalue weighted by Crippen LogP contribution is 2.29. The summed E-state index contributed by atoms with van der Waals surface area (Å²) < 4.78 is 24.9. The Morgan fingerprint density at radius 2 is 1.20 bits per heavy atom. The average molecular weight is 838 g/mol. The predicted molar refractivity (Wildman–Crippen MR) is 238 cm³/mol. The van der Waals surface area contributed by atoms with E-state index in [1.807, 2.05) is 34.1 Å². The third kappa shape index (κ3) is 11.5. The van der Waals surface area contributed by atoms with Crippen molar-refractivity contribution in [2.24, 2.45) is 0 Å². The third-order valence-electron chi connectivity index (χ3n) is 10.5. The second kappa shape index (κ2) is 22.4. The number of rotatable bonds is 10. The van der Waals surface area contributed by atoms with Crippen LogP contribution in [0.4, 0.5) is 0 Å². The summed E-state index contributed by atoms with van der Waals surface area (Å²) in [5, 5.41) is 0. The smallest absolute Gasteiger partial charge is 0.333 e. The fourth-order valence-electron chi connectivity index (χ4n) is 7.15. The molecule has 0 N–H and O–H groups in total. The summed E-state index contributed by atoms with van der Waals surface area (Å²) in [6.07, 6.45) is 13.8. The van der Waals surface area contributed by atoms with Gasteiger partial charge in [0.15, 0.2) is 17.2 Å². The lowest BCUT2D eigenvalue weighted by Gasteiger charge is -2.33. The lowest BCUT2D eigenvalue weighted by atomic mass is 9.97. The number of nitrogens with zero attached hydrogens (tertiary/aromatic N) is 8. The minimum absolute atomic E-state index is 0. The molecule has 1 saturated heterocycles. The van der Waals surface area contributed by atoms with Gasteiger partial charge in [-0.2, -0.15) is 0 Å². The van der Waals surface area contributed by atoms with E-state index in [-0.39, 0.29) is 53.1 Å². The van der Waals surface area contributed by atoms with E-state index in [0.717, 1.165) is 41.9 Å². The molecule has 14 heteroatoms. The Morgan fingerprint density at radius 3 is 1.59 bits per heavy atom. The molecule has 7 rings (SSSR count). The molecule has 0 aliphatic carbocycles. The maximum atomic E-state index is 12.9. The molecule has 2 aromatic carbocycles. The van der Waals surface area contributed by atoms with E-state index in [2.05, 4.69) is 56.4 Å². The molecule has 0 radical (unpaired) electrons. The van der Waals surface area contributed by atoms with E-state index in [0.29, 0.717) is 44.8 Å². The van der Waals surface area contributed by atoms with Crippen LogP contribution < -0.4 is 0 Å². The Balaban J connectivity index is 0.000000597. The van der Waals surface area contributed by atoms with Gasteiger partial charge in [-0.3, -0.25) is 19.3 Å². The van der Waals surface area contributed by atoms with Crippen molar-refractivity contribution >= 4 is 46.9 Å². The van der Waals surface area contributed by atoms with E-state index >= 15 is 0 Å². The number of alkyl halides is 1. The maximum Gasteiger partial charge on any atom is 0.333 e. The van der Waals surface area contributed by atoms with Gasteiger partial charge >= 0.3 is 5.97 Å². The van der Waals surface area contributed by atoms with Crippen molar-refractivity contribution in [1.82, 2.24) is 39.5 Å². The number of benzene rings is 2. The molecule has 5 heterocycles. The lowest BCUT2D eigenvalue weighted by molar-refractivity contribution is -0.156. The minimum atomic E-state index is -1.04. The second-order valence-corrected chi connectivity index (χ2v) is 14.0. The summed E-state index contributed by atoms with van der Waals surface area (Å²) in [6.45, 7) is 3.57. The molecule has 59 heavy (non-hydrogen) atoms. The van der Waals surface area contributed by atoms with Crippen LogP contribution in [0.2, 0.25) is 0 Å². The molecule has 1 fully saturated rings. The van der Waals surface area contributed by atoms with Gasteiger partial charge in [0, 0.05) is 88.2 Å². The summed E-state index contributed by atoms with van der Waals surface area (Å²) in [5.74, 6) is 1.03. The largest absolute Gasteiger partial charge is 0.467 e. The van der Waals surface area contributed by atoms with Crippen molar-refractivity contribution < 1.29 is 29.9 Å². The SMILES string of the molecule is C.C.C.COC(=O)C1(N(C)C=O)CCN(CC(=O)N2CC=C(c3ccc(-c4ncccn4)cc3)CC2)C1.O=C(CCl)N1CC=C(c2ccc(-c3ncccn3)cc2)CC1.[3H][3H].[3H][3H]. The maximum absolute atomic E-state index is 12.9. The van der Waals surface area contributed by atoms with Crippen molar-refractivity contribution in [3.63, 3.8) is 0 Å². The van der Waals surface area contributed by atoms with Gasteiger partial charge in [0.05, 0.1) is 13.7 Å². The van der Waals surface area contributed by atoms with Gasteiger partial charge in [0.2, 0.25) is 18.2 Å². The number of esters is 1. The topological polar surface area (TPSA) is 142 Å². The molecule has 13 nitrogen and oxygen atoms in total. The van der Waals surface area contributed by atoms with Crippen LogP contribution in [0.25, 0.3) is 33.9 Å². The zero-order chi connectivity index (χ0) is 43.5. The van der Waals surface area contributed by atoms with Crippen LogP contribution in [0, 0.1) is 0 Å². The summed E-state index contributed by atoms with van der Waals surface area (Å²) in [6, 6.07) is 20.0. The first-order valence-electron chi connectivity index (χ1n) is 20.5. The molecule has 2 aromatic heterocycles. The lowest BCUT2D eigenvalue weighted by Crippen LogP contribution is -2.55. The molecule has 3 aliphatic rings. The van der Waals surface area contributed by atoms with Crippen LogP contribution in [-0.4, -0.2) is 135 Å². The number of carbonyl (C=O) groups excluding carboxylic acids is 4. The molecule has 4 aromatic rings. The molecule has 1 unspecified atom stereocenters. The van der Waals surface area contributed by atoms with Crippen LogP contribution >= 0.6 is 11.6 Å². The van der Waals surface area contributed by atoms with Gasteiger partial charge < -0.3 is 19.4 Å². The van der Waals surface area contributed by atoms with Crippen LogP contribution in [-0.2, 0) is 23.9 Å². The van der Waals surface area contributed by atoms with E-state index in [1.54, 1.807) is 48.9 Å². The fraction of sp³-hybridized carbons (Fsp3) is 0.378. The fourth-order valence-corrected chi connectivity index (χ4v) is 7.32. The number of halogens is 1. The van der Waals surface area contributed by atoms with E-state index < -0.39 is 11.5 Å². The van der Waals surface area contributed by atoms with E-state index in [9.17, 15) is 19.2 Å². The first-order valence-corrected chi connectivity index (χ1v) is 19.0. The third-order valence-corrected chi connectivity index (χ3v) is 10.7. The van der Waals surface area contributed by atoms with Gasteiger partial charge in [0.25, 0.3) is 0 Å². The van der Waals surface area contributed by atoms with Crippen LogP contribution in [0.5, 0.6) is 0 Å². The Bertz CT molecular complexity index is 2070.